The number of nitro groups is 1. The van der Waals surface area contributed by atoms with Crippen LogP contribution in [0.1, 0.15) is 26.2 Å². The molecule has 0 radical (unpaired) electrons. The van der Waals surface area contributed by atoms with Crippen LogP contribution >= 0.6 is 0 Å². The van der Waals surface area contributed by atoms with Gasteiger partial charge in [-0.1, -0.05) is 19.1 Å². The maximum absolute atomic E-state index is 11.2. The zero-order valence-electron chi connectivity index (χ0n) is 12.0. The van der Waals surface area contributed by atoms with Crippen molar-refractivity contribution in [2.24, 2.45) is 5.92 Å². The van der Waals surface area contributed by atoms with Crippen LogP contribution < -0.4 is 10.2 Å². The van der Waals surface area contributed by atoms with E-state index in [0.29, 0.717) is 5.92 Å². The van der Waals surface area contributed by atoms with E-state index in [0.717, 1.165) is 51.1 Å². The lowest BCUT2D eigenvalue weighted by atomic mass is 9.97. The van der Waals surface area contributed by atoms with Crippen LogP contribution in [0.4, 0.5) is 11.4 Å². The van der Waals surface area contributed by atoms with Gasteiger partial charge in [-0.05, 0) is 44.3 Å². The van der Waals surface area contributed by atoms with Gasteiger partial charge < -0.3 is 10.2 Å². The van der Waals surface area contributed by atoms with Gasteiger partial charge in [0, 0.05) is 19.2 Å². The number of nitrogens with one attached hydrogen (secondary N) is 1. The maximum Gasteiger partial charge on any atom is 0.292 e. The van der Waals surface area contributed by atoms with Gasteiger partial charge in [0.1, 0.15) is 5.69 Å². The Morgan fingerprint density at radius 1 is 1.35 bits per heavy atom. The summed E-state index contributed by atoms with van der Waals surface area (Å²) in [5.41, 5.74) is 0.979. The Kier molecular flexibility index (Phi) is 5.35. The summed E-state index contributed by atoms with van der Waals surface area (Å²) < 4.78 is 0. The molecule has 20 heavy (non-hydrogen) atoms. The van der Waals surface area contributed by atoms with Crippen molar-refractivity contribution < 1.29 is 4.92 Å². The average molecular weight is 277 g/mol. The van der Waals surface area contributed by atoms with Crippen LogP contribution in [0.5, 0.6) is 0 Å². The van der Waals surface area contributed by atoms with Gasteiger partial charge >= 0.3 is 0 Å². The van der Waals surface area contributed by atoms with Gasteiger partial charge in [0.05, 0.1) is 4.92 Å². The van der Waals surface area contributed by atoms with E-state index in [2.05, 4.69) is 17.1 Å². The summed E-state index contributed by atoms with van der Waals surface area (Å²) in [5.74, 6) is 0.627. The zero-order valence-corrected chi connectivity index (χ0v) is 12.0. The van der Waals surface area contributed by atoms with Crippen molar-refractivity contribution in [1.29, 1.82) is 0 Å². The fraction of sp³-hybridized carbons (Fsp3) is 0.600. The van der Waals surface area contributed by atoms with Crippen LogP contribution in [0.25, 0.3) is 0 Å². The molecular weight excluding hydrogens is 254 g/mol. The summed E-state index contributed by atoms with van der Waals surface area (Å²) in [6, 6.07) is 7.08. The van der Waals surface area contributed by atoms with Crippen molar-refractivity contribution in [1.82, 2.24) is 5.32 Å². The van der Waals surface area contributed by atoms with Crippen molar-refractivity contribution >= 4 is 11.4 Å². The van der Waals surface area contributed by atoms with Gasteiger partial charge in [0.25, 0.3) is 5.69 Å². The molecule has 2 rings (SSSR count). The summed E-state index contributed by atoms with van der Waals surface area (Å²) in [5, 5.41) is 14.6. The van der Waals surface area contributed by atoms with Crippen molar-refractivity contribution in [2.75, 3.05) is 31.1 Å². The predicted octanol–water partition coefficient (Wildman–Crippen LogP) is 2.81. The summed E-state index contributed by atoms with van der Waals surface area (Å²) in [6.07, 6.45) is 3.30. The molecule has 0 aromatic heterocycles. The predicted molar refractivity (Wildman–Crippen MR) is 81.2 cm³/mol. The molecule has 1 N–H and O–H groups in total. The van der Waals surface area contributed by atoms with Crippen LogP contribution in [0.15, 0.2) is 24.3 Å². The van der Waals surface area contributed by atoms with Crippen LogP contribution in [-0.2, 0) is 0 Å². The fourth-order valence-electron chi connectivity index (χ4n) is 2.84. The third-order valence-corrected chi connectivity index (χ3v) is 3.85. The summed E-state index contributed by atoms with van der Waals surface area (Å²) in [4.78, 5) is 13.1. The number of piperidine rings is 1. The zero-order chi connectivity index (χ0) is 14.4. The number of benzene rings is 1. The van der Waals surface area contributed by atoms with Crippen molar-refractivity contribution in [3.05, 3.63) is 34.4 Å². The van der Waals surface area contributed by atoms with E-state index in [1.54, 1.807) is 12.1 Å². The van der Waals surface area contributed by atoms with Crippen LogP contribution in [0.2, 0.25) is 0 Å². The number of anilines is 1. The first kappa shape index (κ1) is 14.8. The van der Waals surface area contributed by atoms with Crippen LogP contribution in [0.3, 0.4) is 0 Å². The minimum Gasteiger partial charge on any atom is -0.366 e. The highest BCUT2D eigenvalue weighted by atomic mass is 16.6. The number of hydrogen-bond donors (Lipinski definition) is 1. The smallest absolute Gasteiger partial charge is 0.292 e. The van der Waals surface area contributed by atoms with Gasteiger partial charge in [0.15, 0.2) is 0 Å². The molecule has 5 heteroatoms. The SMILES string of the molecule is CCCN(CC1CCNCC1)c1ccccc1[N+](=O)[O-]. The molecule has 1 aliphatic heterocycles. The van der Waals surface area contributed by atoms with Gasteiger partial charge in [-0.15, -0.1) is 0 Å². The minimum atomic E-state index is -0.277. The molecule has 1 aliphatic rings. The molecule has 1 fully saturated rings. The molecule has 0 atom stereocenters. The van der Waals surface area contributed by atoms with Gasteiger partial charge in [-0.3, -0.25) is 10.1 Å². The van der Waals surface area contributed by atoms with Crippen molar-refractivity contribution in [2.45, 2.75) is 26.2 Å². The van der Waals surface area contributed by atoms with E-state index in [9.17, 15) is 10.1 Å². The second kappa shape index (κ2) is 7.24. The van der Waals surface area contributed by atoms with E-state index in [4.69, 9.17) is 0 Å². The first-order valence-electron chi connectivity index (χ1n) is 7.41. The minimum absolute atomic E-state index is 0.217. The topological polar surface area (TPSA) is 58.4 Å². The second-order valence-electron chi connectivity index (χ2n) is 5.39. The Morgan fingerprint density at radius 2 is 2.05 bits per heavy atom. The summed E-state index contributed by atoms with van der Waals surface area (Å²) >= 11 is 0. The molecule has 1 heterocycles. The lowest BCUT2D eigenvalue weighted by Gasteiger charge is -2.31. The normalized spacial score (nSPS) is 16.1. The number of para-hydroxylation sites is 2. The Bertz CT molecular complexity index is 444. The number of rotatable bonds is 6. The Balaban J connectivity index is 2.16. The van der Waals surface area contributed by atoms with Gasteiger partial charge in [0.2, 0.25) is 0 Å². The Morgan fingerprint density at radius 3 is 2.70 bits per heavy atom. The van der Waals surface area contributed by atoms with Gasteiger partial charge in [-0.25, -0.2) is 0 Å². The van der Waals surface area contributed by atoms with Crippen LogP contribution in [-0.4, -0.2) is 31.1 Å². The molecule has 0 spiro atoms. The van der Waals surface area contributed by atoms with Crippen molar-refractivity contribution in [3.63, 3.8) is 0 Å². The van der Waals surface area contributed by atoms with E-state index >= 15 is 0 Å². The summed E-state index contributed by atoms with van der Waals surface area (Å²) in [7, 11) is 0. The number of nitro benzene ring substituents is 1. The molecule has 0 amide bonds. The molecule has 1 aromatic carbocycles. The Hall–Kier alpha value is -1.62. The molecule has 1 aromatic rings. The lowest BCUT2D eigenvalue weighted by Crippen LogP contribution is -2.36. The van der Waals surface area contributed by atoms with Crippen molar-refractivity contribution in [3.8, 4) is 0 Å². The second-order valence-corrected chi connectivity index (χ2v) is 5.39. The fourth-order valence-corrected chi connectivity index (χ4v) is 2.84. The monoisotopic (exact) mass is 277 g/mol. The van der Waals surface area contributed by atoms with Gasteiger partial charge in [-0.2, -0.15) is 0 Å². The highest BCUT2D eigenvalue weighted by Crippen LogP contribution is 2.29. The molecule has 110 valence electrons. The van der Waals surface area contributed by atoms with E-state index in [-0.39, 0.29) is 10.6 Å². The number of hydrogen-bond acceptors (Lipinski definition) is 4. The largest absolute Gasteiger partial charge is 0.366 e. The molecule has 0 bridgehead atoms. The van der Waals surface area contributed by atoms with E-state index < -0.39 is 0 Å². The molecule has 0 aliphatic carbocycles. The first-order chi connectivity index (χ1) is 9.72. The third-order valence-electron chi connectivity index (χ3n) is 3.85. The third kappa shape index (κ3) is 3.70. The molecular formula is C15H23N3O2. The Labute approximate surface area is 120 Å². The quantitative estimate of drug-likeness (QED) is 0.641. The summed E-state index contributed by atoms with van der Waals surface area (Å²) in [6.45, 7) is 6.02. The molecule has 0 unspecified atom stereocenters. The lowest BCUT2D eigenvalue weighted by molar-refractivity contribution is -0.384. The first-order valence-corrected chi connectivity index (χ1v) is 7.41. The molecule has 1 saturated heterocycles. The standard InChI is InChI=1S/C15H23N3O2/c1-2-11-17(12-13-7-9-16-10-8-13)14-5-3-4-6-15(14)18(19)20/h3-6,13,16H,2,7-12H2,1H3. The average Bonchev–Trinajstić information content (AvgIpc) is 2.48. The molecule has 0 saturated carbocycles. The molecule has 5 nitrogen and oxygen atoms in total. The maximum atomic E-state index is 11.2. The highest BCUT2D eigenvalue weighted by Gasteiger charge is 2.22. The van der Waals surface area contributed by atoms with Crippen LogP contribution in [0, 0.1) is 16.0 Å². The number of nitrogens with zero attached hydrogens (tertiary/aromatic N) is 2. The van der Waals surface area contributed by atoms with E-state index in [1.165, 1.54) is 0 Å². The highest BCUT2D eigenvalue weighted by molar-refractivity contribution is 5.63. The van der Waals surface area contributed by atoms with E-state index in [1.807, 2.05) is 12.1 Å².